The number of alkyl halides is 1. The molecular weight excluding hydrogens is 370 g/mol. The molecule has 4 rings (SSSR count). The molecule has 6 heteroatoms. The standard InChI is InChI=1S/C22H22ClN5/c23-12-20-21(17-7-9-26-10-8-17)22(18-6-1-3-15(11-18)13-24)27-28(20)14-19(25)16-4-2-5-16/h1,3,6-11,16,19H,2,4-5,12,14,25H2/t19-/m1/s1. The van der Waals surface area contributed by atoms with Crippen LogP contribution in [0, 0.1) is 17.2 Å². The van der Waals surface area contributed by atoms with Crippen molar-refractivity contribution < 1.29 is 0 Å². The van der Waals surface area contributed by atoms with Gasteiger partial charge in [0, 0.05) is 29.6 Å². The number of benzene rings is 1. The lowest BCUT2D eigenvalue weighted by Crippen LogP contribution is -2.38. The summed E-state index contributed by atoms with van der Waals surface area (Å²) >= 11 is 6.39. The van der Waals surface area contributed by atoms with Crippen LogP contribution in [-0.2, 0) is 12.4 Å². The molecule has 3 aromatic rings. The minimum Gasteiger partial charge on any atom is -0.326 e. The van der Waals surface area contributed by atoms with Gasteiger partial charge in [-0.05, 0) is 48.6 Å². The molecule has 0 amide bonds. The minimum absolute atomic E-state index is 0.0687. The van der Waals surface area contributed by atoms with Gasteiger partial charge in [0.25, 0.3) is 0 Å². The highest BCUT2D eigenvalue weighted by Crippen LogP contribution is 2.36. The molecule has 0 bridgehead atoms. The summed E-state index contributed by atoms with van der Waals surface area (Å²) in [6, 6.07) is 13.7. The fourth-order valence-electron chi connectivity index (χ4n) is 3.76. The third-order valence-corrected chi connectivity index (χ3v) is 5.81. The quantitative estimate of drug-likeness (QED) is 0.633. The summed E-state index contributed by atoms with van der Waals surface area (Å²) in [5.74, 6) is 0.891. The first-order valence-electron chi connectivity index (χ1n) is 9.53. The van der Waals surface area contributed by atoms with E-state index in [-0.39, 0.29) is 6.04 Å². The van der Waals surface area contributed by atoms with Gasteiger partial charge in [-0.15, -0.1) is 11.6 Å². The topological polar surface area (TPSA) is 80.5 Å². The molecule has 142 valence electrons. The highest BCUT2D eigenvalue weighted by atomic mass is 35.5. The Kier molecular flexibility index (Phi) is 5.43. The van der Waals surface area contributed by atoms with Crippen molar-refractivity contribution in [1.29, 1.82) is 5.26 Å². The number of hydrogen-bond donors (Lipinski definition) is 1. The zero-order valence-electron chi connectivity index (χ0n) is 15.6. The molecule has 1 aromatic carbocycles. The number of halogens is 1. The van der Waals surface area contributed by atoms with E-state index in [9.17, 15) is 5.26 Å². The number of nitrogens with two attached hydrogens (primary N) is 1. The fraction of sp³-hybridized carbons (Fsp3) is 0.318. The van der Waals surface area contributed by atoms with Crippen molar-refractivity contribution in [3.63, 3.8) is 0 Å². The molecule has 2 aromatic heterocycles. The zero-order chi connectivity index (χ0) is 19.5. The van der Waals surface area contributed by atoms with Crippen LogP contribution in [0.5, 0.6) is 0 Å². The van der Waals surface area contributed by atoms with Gasteiger partial charge in [-0.1, -0.05) is 18.6 Å². The van der Waals surface area contributed by atoms with Gasteiger partial charge in [0.05, 0.1) is 29.8 Å². The number of rotatable bonds is 6. The second-order valence-electron chi connectivity index (χ2n) is 7.27. The lowest BCUT2D eigenvalue weighted by molar-refractivity contribution is 0.239. The average Bonchev–Trinajstić information content (AvgIpc) is 3.05. The zero-order valence-corrected chi connectivity index (χ0v) is 16.3. The monoisotopic (exact) mass is 391 g/mol. The molecular formula is C22H22ClN5. The van der Waals surface area contributed by atoms with Gasteiger partial charge >= 0.3 is 0 Å². The van der Waals surface area contributed by atoms with Crippen molar-refractivity contribution >= 4 is 11.6 Å². The van der Waals surface area contributed by atoms with Crippen molar-refractivity contribution in [2.75, 3.05) is 0 Å². The van der Waals surface area contributed by atoms with Crippen LogP contribution in [-0.4, -0.2) is 20.8 Å². The van der Waals surface area contributed by atoms with E-state index in [1.807, 2.05) is 35.0 Å². The molecule has 1 saturated carbocycles. The number of aromatic nitrogens is 3. The maximum atomic E-state index is 9.29. The summed E-state index contributed by atoms with van der Waals surface area (Å²) in [7, 11) is 0. The first-order chi connectivity index (χ1) is 13.7. The fourth-order valence-corrected chi connectivity index (χ4v) is 4.03. The molecule has 1 aliphatic rings. The van der Waals surface area contributed by atoms with E-state index in [0.717, 1.165) is 28.1 Å². The molecule has 1 atom stereocenters. The smallest absolute Gasteiger partial charge is 0.100 e. The molecule has 28 heavy (non-hydrogen) atoms. The Hall–Kier alpha value is -2.68. The summed E-state index contributed by atoms with van der Waals surface area (Å²) in [4.78, 5) is 4.13. The second-order valence-corrected chi connectivity index (χ2v) is 7.54. The van der Waals surface area contributed by atoms with Crippen molar-refractivity contribution in [3.05, 3.63) is 60.0 Å². The molecule has 5 nitrogen and oxygen atoms in total. The molecule has 0 aliphatic heterocycles. The maximum Gasteiger partial charge on any atom is 0.100 e. The van der Waals surface area contributed by atoms with Crippen molar-refractivity contribution in [1.82, 2.24) is 14.8 Å². The van der Waals surface area contributed by atoms with Crippen LogP contribution in [0.25, 0.3) is 22.4 Å². The van der Waals surface area contributed by atoms with Crippen molar-refractivity contribution in [3.8, 4) is 28.5 Å². The molecule has 0 saturated heterocycles. The highest BCUT2D eigenvalue weighted by Gasteiger charge is 2.27. The van der Waals surface area contributed by atoms with E-state index in [4.69, 9.17) is 22.4 Å². The van der Waals surface area contributed by atoms with Crippen LogP contribution in [0.3, 0.4) is 0 Å². The summed E-state index contributed by atoms with van der Waals surface area (Å²) < 4.78 is 1.96. The van der Waals surface area contributed by atoms with Gasteiger partial charge in [-0.3, -0.25) is 9.67 Å². The molecule has 2 N–H and O–H groups in total. The number of nitriles is 1. The van der Waals surface area contributed by atoms with Crippen LogP contribution in [0.4, 0.5) is 0 Å². The normalized spacial score (nSPS) is 15.0. The van der Waals surface area contributed by atoms with Crippen molar-refractivity contribution in [2.24, 2.45) is 11.7 Å². The third-order valence-electron chi connectivity index (χ3n) is 5.56. The van der Waals surface area contributed by atoms with Gasteiger partial charge in [0.2, 0.25) is 0 Å². The second kappa shape index (κ2) is 8.14. The molecule has 0 unspecified atom stereocenters. The van der Waals surface area contributed by atoms with Gasteiger partial charge in [-0.25, -0.2) is 0 Å². The predicted molar refractivity (Wildman–Crippen MR) is 110 cm³/mol. The van der Waals surface area contributed by atoms with Crippen LogP contribution in [0.1, 0.15) is 30.5 Å². The minimum atomic E-state index is 0.0687. The summed E-state index contributed by atoms with van der Waals surface area (Å²) in [5, 5.41) is 14.2. The Morgan fingerprint density at radius 3 is 2.64 bits per heavy atom. The lowest BCUT2D eigenvalue weighted by atomic mass is 9.80. The van der Waals surface area contributed by atoms with E-state index in [1.165, 1.54) is 19.3 Å². The Morgan fingerprint density at radius 2 is 2.00 bits per heavy atom. The van der Waals surface area contributed by atoms with Gasteiger partial charge in [0.15, 0.2) is 0 Å². The molecule has 0 radical (unpaired) electrons. The Labute approximate surface area is 169 Å². The predicted octanol–water partition coefficient (Wildman–Crippen LogP) is 4.35. The van der Waals surface area contributed by atoms with Crippen LogP contribution in [0.15, 0.2) is 48.8 Å². The third kappa shape index (κ3) is 3.54. The van der Waals surface area contributed by atoms with E-state index in [1.54, 1.807) is 18.5 Å². The average molecular weight is 392 g/mol. The van der Waals surface area contributed by atoms with E-state index < -0.39 is 0 Å². The number of hydrogen-bond acceptors (Lipinski definition) is 4. The first-order valence-corrected chi connectivity index (χ1v) is 10.1. The largest absolute Gasteiger partial charge is 0.326 e. The SMILES string of the molecule is N#Cc1cccc(-c2nn(C[C@@H](N)C3CCC3)c(CCl)c2-c2ccncc2)c1. The summed E-state index contributed by atoms with van der Waals surface area (Å²) in [6.45, 7) is 0.642. The lowest BCUT2D eigenvalue weighted by Gasteiger charge is -2.31. The maximum absolute atomic E-state index is 9.29. The van der Waals surface area contributed by atoms with Crippen LogP contribution in [0.2, 0.25) is 0 Å². The summed E-state index contributed by atoms with van der Waals surface area (Å²) in [6.07, 6.45) is 7.16. The van der Waals surface area contributed by atoms with E-state index in [2.05, 4.69) is 11.1 Å². The van der Waals surface area contributed by atoms with Gasteiger partial charge < -0.3 is 5.73 Å². The van der Waals surface area contributed by atoms with Crippen LogP contribution >= 0.6 is 11.6 Å². The Balaban J connectivity index is 1.84. The highest BCUT2D eigenvalue weighted by molar-refractivity contribution is 6.17. The van der Waals surface area contributed by atoms with Gasteiger partial charge in [-0.2, -0.15) is 10.4 Å². The molecule has 1 fully saturated rings. The number of pyridine rings is 1. The van der Waals surface area contributed by atoms with E-state index >= 15 is 0 Å². The van der Waals surface area contributed by atoms with Crippen molar-refractivity contribution in [2.45, 2.75) is 37.7 Å². The van der Waals surface area contributed by atoms with E-state index in [0.29, 0.717) is 23.9 Å². The summed E-state index contributed by atoms with van der Waals surface area (Å²) in [5.41, 5.74) is 11.7. The molecule has 0 spiro atoms. The Bertz CT molecular complexity index is 1000. The first kappa shape index (κ1) is 18.7. The molecule has 2 heterocycles. The Morgan fingerprint density at radius 1 is 1.21 bits per heavy atom. The molecule has 1 aliphatic carbocycles. The van der Waals surface area contributed by atoms with Crippen LogP contribution < -0.4 is 5.73 Å². The number of nitrogens with zero attached hydrogens (tertiary/aromatic N) is 4. The van der Waals surface area contributed by atoms with Gasteiger partial charge in [0.1, 0.15) is 5.69 Å².